The maximum Gasteiger partial charge on any atom is 0.307 e. The van der Waals surface area contributed by atoms with Gasteiger partial charge in [0.2, 0.25) is 0 Å². The van der Waals surface area contributed by atoms with Gasteiger partial charge in [0, 0.05) is 32.7 Å². The van der Waals surface area contributed by atoms with Crippen LogP contribution in [0.2, 0.25) is 0 Å². The lowest BCUT2D eigenvalue weighted by atomic mass is 10.1. The molecule has 1 saturated heterocycles. The van der Waals surface area contributed by atoms with E-state index in [1.54, 1.807) is 6.92 Å². The van der Waals surface area contributed by atoms with Crippen molar-refractivity contribution in [2.24, 2.45) is 5.92 Å². The molecule has 0 amide bonds. The molecule has 1 atom stereocenters. The summed E-state index contributed by atoms with van der Waals surface area (Å²) in [5.74, 6) is -0.939. The van der Waals surface area contributed by atoms with Crippen LogP contribution in [0.4, 0.5) is 0 Å². The molecule has 1 aliphatic rings. The third-order valence-electron chi connectivity index (χ3n) is 2.87. The monoisotopic (exact) mass is 200 g/mol. The molecule has 0 spiro atoms. The van der Waals surface area contributed by atoms with Crippen LogP contribution in [0.15, 0.2) is 0 Å². The van der Waals surface area contributed by atoms with Crippen molar-refractivity contribution >= 4 is 5.97 Å². The van der Waals surface area contributed by atoms with Crippen molar-refractivity contribution in [3.8, 4) is 0 Å². The highest BCUT2D eigenvalue weighted by Gasteiger charge is 2.19. The fourth-order valence-corrected chi connectivity index (χ4v) is 1.75. The van der Waals surface area contributed by atoms with E-state index in [0.29, 0.717) is 6.54 Å². The Kier molecular flexibility index (Phi) is 4.35. The number of likely N-dealkylation sites (N-methyl/N-ethyl adjacent to an activating group) is 1. The van der Waals surface area contributed by atoms with Crippen LogP contribution in [0.25, 0.3) is 0 Å². The molecule has 1 heterocycles. The topological polar surface area (TPSA) is 43.8 Å². The molecule has 1 aliphatic heterocycles. The molecule has 0 aliphatic carbocycles. The molecule has 1 unspecified atom stereocenters. The highest BCUT2D eigenvalue weighted by atomic mass is 16.4. The molecule has 1 N–H and O–H groups in total. The third-order valence-corrected chi connectivity index (χ3v) is 2.87. The Morgan fingerprint density at radius 1 is 1.29 bits per heavy atom. The summed E-state index contributed by atoms with van der Waals surface area (Å²) in [6.45, 7) is 9.88. The first-order valence-electron chi connectivity index (χ1n) is 5.31. The first kappa shape index (κ1) is 11.5. The van der Waals surface area contributed by atoms with Crippen LogP contribution in [0.5, 0.6) is 0 Å². The summed E-state index contributed by atoms with van der Waals surface area (Å²) in [4.78, 5) is 15.3. The summed E-state index contributed by atoms with van der Waals surface area (Å²) in [6, 6.07) is 0. The normalized spacial score (nSPS) is 22.1. The second kappa shape index (κ2) is 5.32. The van der Waals surface area contributed by atoms with Gasteiger partial charge in [0.25, 0.3) is 0 Å². The maximum atomic E-state index is 10.7. The zero-order valence-corrected chi connectivity index (χ0v) is 9.07. The van der Waals surface area contributed by atoms with E-state index < -0.39 is 5.97 Å². The Hall–Kier alpha value is -0.610. The van der Waals surface area contributed by atoms with Crippen LogP contribution in [0, 0.1) is 5.92 Å². The van der Waals surface area contributed by atoms with Crippen LogP contribution in [0.1, 0.15) is 13.8 Å². The van der Waals surface area contributed by atoms with Crippen molar-refractivity contribution in [3.05, 3.63) is 0 Å². The van der Waals surface area contributed by atoms with Crippen LogP contribution < -0.4 is 0 Å². The minimum Gasteiger partial charge on any atom is -0.481 e. The van der Waals surface area contributed by atoms with Gasteiger partial charge in [-0.05, 0) is 6.54 Å². The van der Waals surface area contributed by atoms with Gasteiger partial charge in [-0.3, -0.25) is 9.69 Å². The second-order valence-electron chi connectivity index (χ2n) is 3.97. The predicted octanol–water partition coefficient (Wildman–Crippen LogP) is 0.345. The molecule has 1 rings (SSSR count). The van der Waals surface area contributed by atoms with Gasteiger partial charge in [-0.1, -0.05) is 13.8 Å². The van der Waals surface area contributed by atoms with Gasteiger partial charge >= 0.3 is 5.97 Å². The van der Waals surface area contributed by atoms with E-state index in [1.807, 2.05) is 0 Å². The van der Waals surface area contributed by atoms with Gasteiger partial charge in [0.15, 0.2) is 0 Å². The van der Waals surface area contributed by atoms with Crippen molar-refractivity contribution in [2.75, 3.05) is 39.3 Å². The molecule has 0 radical (unpaired) electrons. The fourth-order valence-electron chi connectivity index (χ4n) is 1.75. The van der Waals surface area contributed by atoms with Crippen LogP contribution in [-0.4, -0.2) is 60.1 Å². The molecular formula is C10H20N2O2. The van der Waals surface area contributed by atoms with E-state index in [9.17, 15) is 4.79 Å². The maximum absolute atomic E-state index is 10.7. The largest absolute Gasteiger partial charge is 0.481 e. The molecule has 0 saturated carbocycles. The summed E-state index contributed by atoms with van der Waals surface area (Å²) in [5, 5.41) is 8.77. The van der Waals surface area contributed by atoms with E-state index in [4.69, 9.17) is 5.11 Å². The minimum absolute atomic E-state index is 0.247. The highest BCUT2D eigenvalue weighted by molar-refractivity contribution is 5.69. The average Bonchev–Trinajstić information content (AvgIpc) is 2.19. The number of hydrogen-bond donors (Lipinski definition) is 1. The lowest BCUT2D eigenvalue weighted by Gasteiger charge is -2.34. The minimum atomic E-state index is -0.692. The quantitative estimate of drug-likeness (QED) is 0.711. The Labute approximate surface area is 85.5 Å². The molecule has 0 aromatic heterocycles. The summed E-state index contributed by atoms with van der Waals surface area (Å²) in [5.41, 5.74) is 0. The molecule has 82 valence electrons. The number of aliphatic carboxylic acids is 1. The average molecular weight is 200 g/mol. The zero-order valence-electron chi connectivity index (χ0n) is 9.07. The molecule has 0 bridgehead atoms. The third kappa shape index (κ3) is 3.27. The van der Waals surface area contributed by atoms with Crippen LogP contribution >= 0.6 is 0 Å². The number of hydrogen-bond acceptors (Lipinski definition) is 3. The summed E-state index contributed by atoms with van der Waals surface area (Å²) < 4.78 is 0. The van der Waals surface area contributed by atoms with Crippen molar-refractivity contribution in [2.45, 2.75) is 13.8 Å². The second-order valence-corrected chi connectivity index (χ2v) is 3.97. The van der Waals surface area contributed by atoms with E-state index in [1.165, 1.54) is 0 Å². The van der Waals surface area contributed by atoms with Crippen molar-refractivity contribution in [3.63, 3.8) is 0 Å². The molecule has 0 aromatic carbocycles. The number of nitrogens with zero attached hydrogens (tertiary/aromatic N) is 2. The zero-order chi connectivity index (χ0) is 10.6. The molecular weight excluding hydrogens is 180 g/mol. The van der Waals surface area contributed by atoms with E-state index in [-0.39, 0.29) is 5.92 Å². The van der Waals surface area contributed by atoms with Crippen molar-refractivity contribution in [1.82, 2.24) is 9.80 Å². The van der Waals surface area contributed by atoms with Gasteiger partial charge in [0.05, 0.1) is 5.92 Å². The summed E-state index contributed by atoms with van der Waals surface area (Å²) in [7, 11) is 0. The van der Waals surface area contributed by atoms with Gasteiger partial charge in [-0.15, -0.1) is 0 Å². The number of carbonyl (C=O) groups is 1. The smallest absolute Gasteiger partial charge is 0.307 e. The Morgan fingerprint density at radius 3 is 2.21 bits per heavy atom. The van der Waals surface area contributed by atoms with Gasteiger partial charge in [-0.2, -0.15) is 0 Å². The van der Waals surface area contributed by atoms with Crippen molar-refractivity contribution in [1.29, 1.82) is 0 Å². The summed E-state index contributed by atoms with van der Waals surface area (Å²) in [6.07, 6.45) is 0. The van der Waals surface area contributed by atoms with Crippen LogP contribution in [0.3, 0.4) is 0 Å². The van der Waals surface area contributed by atoms with Crippen LogP contribution in [-0.2, 0) is 4.79 Å². The van der Waals surface area contributed by atoms with E-state index >= 15 is 0 Å². The summed E-state index contributed by atoms with van der Waals surface area (Å²) >= 11 is 0. The number of carboxylic acids is 1. The van der Waals surface area contributed by atoms with Crippen molar-refractivity contribution < 1.29 is 9.90 Å². The molecule has 14 heavy (non-hydrogen) atoms. The number of rotatable bonds is 4. The lowest BCUT2D eigenvalue weighted by molar-refractivity contribution is -0.141. The molecule has 4 heteroatoms. The standard InChI is InChI=1S/C10H20N2O2/c1-3-11-4-6-12(7-5-11)8-9(2)10(13)14/h9H,3-8H2,1-2H3,(H,13,14). The molecule has 0 aromatic rings. The van der Waals surface area contributed by atoms with E-state index in [2.05, 4.69) is 16.7 Å². The lowest BCUT2D eigenvalue weighted by Crippen LogP contribution is -2.47. The molecule has 1 fully saturated rings. The Balaban J connectivity index is 2.25. The first-order valence-corrected chi connectivity index (χ1v) is 5.31. The Bertz CT molecular complexity index is 189. The Morgan fingerprint density at radius 2 is 1.79 bits per heavy atom. The van der Waals surface area contributed by atoms with Gasteiger partial charge in [0.1, 0.15) is 0 Å². The first-order chi connectivity index (χ1) is 6.63. The van der Waals surface area contributed by atoms with Gasteiger partial charge in [-0.25, -0.2) is 0 Å². The highest BCUT2D eigenvalue weighted by Crippen LogP contribution is 2.05. The number of piperazine rings is 1. The SMILES string of the molecule is CCN1CCN(CC(C)C(=O)O)CC1. The van der Waals surface area contributed by atoms with E-state index in [0.717, 1.165) is 32.7 Å². The molecule has 4 nitrogen and oxygen atoms in total. The van der Waals surface area contributed by atoms with Gasteiger partial charge < -0.3 is 10.0 Å². The number of carboxylic acid groups (broad SMARTS) is 1. The fraction of sp³-hybridized carbons (Fsp3) is 0.900. The predicted molar refractivity (Wildman–Crippen MR) is 55.4 cm³/mol.